The van der Waals surface area contributed by atoms with Gasteiger partial charge in [-0.3, -0.25) is 14.5 Å². The van der Waals surface area contributed by atoms with Crippen LogP contribution < -0.4 is 29.1 Å². The summed E-state index contributed by atoms with van der Waals surface area (Å²) in [7, 11) is 9.04. The van der Waals surface area contributed by atoms with E-state index in [0.29, 0.717) is 47.3 Å². The van der Waals surface area contributed by atoms with Crippen molar-refractivity contribution in [1.82, 2.24) is 4.90 Å². The predicted molar refractivity (Wildman–Crippen MR) is 175 cm³/mol. The number of hydrogen-bond donors (Lipinski definition) is 2. The molecule has 5 rings (SSSR count). The summed E-state index contributed by atoms with van der Waals surface area (Å²) in [6, 6.07) is 14.7. The van der Waals surface area contributed by atoms with Crippen molar-refractivity contribution < 1.29 is 47.8 Å². The molecule has 2 heterocycles. The first-order chi connectivity index (χ1) is 23.1. The van der Waals surface area contributed by atoms with Gasteiger partial charge in [0.15, 0.2) is 28.8 Å². The highest BCUT2D eigenvalue weighted by molar-refractivity contribution is 5.71. The number of hydrogen-bond acceptors (Lipinski definition) is 12. The molecule has 3 aromatic carbocycles. The van der Waals surface area contributed by atoms with Gasteiger partial charge in [-0.25, -0.2) is 0 Å². The number of benzene rings is 3. The van der Waals surface area contributed by atoms with Gasteiger partial charge < -0.3 is 43.1 Å². The molecule has 0 radical (unpaired) electrons. The zero-order valence-electron chi connectivity index (χ0n) is 27.7. The summed E-state index contributed by atoms with van der Waals surface area (Å²) in [5, 5.41) is 21.1. The van der Waals surface area contributed by atoms with Gasteiger partial charge in [-0.1, -0.05) is 12.1 Å². The van der Waals surface area contributed by atoms with Crippen molar-refractivity contribution in [1.29, 1.82) is 0 Å². The molecule has 2 atom stereocenters. The van der Waals surface area contributed by atoms with Crippen LogP contribution in [0.3, 0.4) is 0 Å². The fourth-order valence-electron chi connectivity index (χ4n) is 6.24. The van der Waals surface area contributed by atoms with Crippen LogP contribution >= 0.6 is 0 Å². The summed E-state index contributed by atoms with van der Waals surface area (Å²) < 4.78 is 39.4. The number of ether oxygens (including phenoxy) is 6. The number of rotatable bonds is 12. The fraction of sp³-hybridized carbons (Fsp3) is 0.333. The van der Waals surface area contributed by atoms with E-state index in [9.17, 15) is 19.8 Å². The minimum Gasteiger partial charge on any atom is -0.508 e. The first-order valence-electron chi connectivity index (χ1n) is 15.2. The lowest BCUT2D eigenvalue weighted by Gasteiger charge is -2.38. The quantitative estimate of drug-likeness (QED) is 0.198. The highest BCUT2D eigenvalue weighted by Gasteiger charge is 2.34. The zero-order chi connectivity index (χ0) is 34.5. The van der Waals surface area contributed by atoms with Gasteiger partial charge in [-0.2, -0.15) is 0 Å². The Morgan fingerprint density at radius 3 is 2.15 bits per heavy atom. The first kappa shape index (κ1) is 34.0. The normalized spacial score (nSPS) is 14.8. The molecule has 0 amide bonds. The minimum absolute atomic E-state index is 0.0485. The number of nitrogens with zero attached hydrogens (tertiary/aromatic N) is 1. The Bertz CT molecular complexity index is 1830. The molecular formula is C36H39NO11. The van der Waals surface area contributed by atoms with Crippen molar-refractivity contribution in [2.75, 3.05) is 49.2 Å². The minimum atomic E-state index is -0.915. The number of fused-ring (bicyclic) bond motifs is 1. The molecule has 1 aromatic heterocycles. The second-order valence-corrected chi connectivity index (χ2v) is 11.2. The smallest absolute Gasteiger partial charge is 0.306 e. The summed E-state index contributed by atoms with van der Waals surface area (Å²) in [6.45, 7) is 0.685. The van der Waals surface area contributed by atoms with Crippen molar-refractivity contribution in [3.05, 3.63) is 98.6 Å². The lowest BCUT2D eigenvalue weighted by Crippen LogP contribution is -2.36. The van der Waals surface area contributed by atoms with Crippen molar-refractivity contribution in [3.63, 3.8) is 0 Å². The average Bonchev–Trinajstić information content (AvgIpc) is 3.10. The number of carbonyl (C=O) groups excluding carboxylic acids is 1. The topological polar surface area (TPSA) is 146 Å². The summed E-state index contributed by atoms with van der Waals surface area (Å²) in [4.78, 5) is 27.8. The molecule has 48 heavy (non-hydrogen) atoms. The molecule has 2 N–H and O–H groups in total. The monoisotopic (exact) mass is 661 g/mol. The summed E-state index contributed by atoms with van der Waals surface area (Å²) in [5.41, 5.74) is 2.56. The van der Waals surface area contributed by atoms with E-state index in [-0.39, 0.29) is 30.2 Å². The summed E-state index contributed by atoms with van der Waals surface area (Å²) in [5.74, 6) is 0.492. The summed E-state index contributed by atoms with van der Waals surface area (Å²) in [6.07, 6.45) is 0.396. The van der Waals surface area contributed by atoms with Crippen LogP contribution in [-0.2, 0) is 22.5 Å². The molecular weight excluding hydrogens is 622 g/mol. The van der Waals surface area contributed by atoms with E-state index < -0.39 is 29.1 Å². The lowest BCUT2D eigenvalue weighted by atomic mass is 9.87. The SMILES string of the molecule is COC(=O)C[C@@H](c1cccc(O)c1)c1oc(CN2CCc3cc(OC)c(OC)cc3[C@@H]2c2cc(OC)c(OC)c(OC)c2)cc(=O)c1O. The maximum Gasteiger partial charge on any atom is 0.306 e. The zero-order valence-corrected chi connectivity index (χ0v) is 27.7. The molecule has 0 saturated heterocycles. The number of esters is 1. The Labute approximate surface area is 277 Å². The van der Waals surface area contributed by atoms with Gasteiger partial charge in [-0.05, 0) is 65.1 Å². The van der Waals surface area contributed by atoms with E-state index in [4.69, 9.17) is 32.8 Å². The fourth-order valence-corrected chi connectivity index (χ4v) is 6.24. The molecule has 0 spiro atoms. The van der Waals surface area contributed by atoms with Gasteiger partial charge in [0.05, 0.1) is 67.6 Å². The van der Waals surface area contributed by atoms with Crippen molar-refractivity contribution in [2.45, 2.75) is 31.3 Å². The number of aromatic hydroxyl groups is 2. The van der Waals surface area contributed by atoms with Crippen LogP contribution in [0.5, 0.6) is 40.2 Å². The van der Waals surface area contributed by atoms with Crippen LogP contribution in [0.1, 0.15) is 52.2 Å². The van der Waals surface area contributed by atoms with Crippen LogP contribution in [0.4, 0.5) is 0 Å². The highest BCUT2D eigenvalue weighted by Crippen LogP contribution is 2.46. The van der Waals surface area contributed by atoms with E-state index in [1.54, 1.807) is 40.6 Å². The Hall–Kier alpha value is -5.36. The second-order valence-electron chi connectivity index (χ2n) is 11.2. The molecule has 0 unspecified atom stereocenters. The van der Waals surface area contributed by atoms with E-state index in [1.165, 1.54) is 32.4 Å². The van der Waals surface area contributed by atoms with Gasteiger partial charge in [0.2, 0.25) is 16.9 Å². The average molecular weight is 662 g/mol. The predicted octanol–water partition coefficient (Wildman–Crippen LogP) is 4.94. The van der Waals surface area contributed by atoms with Gasteiger partial charge >= 0.3 is 5.97 Å². The Morgan fingerprint density at radius 1 is 0.875 bits per heavy atom. The van der Waals surface area contributed by atoms with Crippen molar-refractivity contribution in [2.24, 2.45) is 0 Å². The third-order valence-corrected chi connectivity index (χ3v) is 8.52. The van der Waals surface area contributed by atoms with Crippen LogP contribution in [0.2, 0.25) is 0 Å². The second kappa shape index (κ2) is 14.6. The molecule has 254 valence electrons. The van der Waals surface area contributed by atoms with Gasteiger partial charge in [-0.15, -0.1) is 0 Å². The summed E-state index contributed by atoms with van der Waals surface area (Å²) >= 11 is 0. The van der Waals surface area contributed by atoms with Crippen molar-refractivity contribution >= 4 is 5.97 Å². The lowest BCUT2D eigenvalue weighted by molar-refractivity contribution is -0.140. The van der Waals surface area contributed by atoms with Crippen LogP contribution in [-0.4, -0.2) is 70.3 Å². The highest BCUT2D eigenvalue weighted by atomic mass is 16.5. The van der Waals surface area contributed by atoms with Gasteiger partial charge in [0, 0.05) is 12.6 Å². The van der Waals surface area contributed by atoms with E-state index in [1.807, 2.05) is 24.3 Å². The van der Waals surface area contributed by atoms with E-state index >= 15 is 0 Å². The Kier molecular flexibility index (Phi) is 10.3. The molecule has 0 bridgehead atoms. The molecule has 1 aliphatic rings. The van der Waals surface area contributed by atoms with Gasteiger partial charge in [0.1, 0.15) is 11.5 Å². The molecule has 12 nitrogen and oxygen atoms in total. The third-order valence-electron chi connectivity index (χ3n) is 8.52. The van der Waals surface area contributed by atoms with Crippen LogP contribution in [0.25, 0.3) is 0 Å². The third kappa shape index (κ3) is 6.70. The van der Waals surface area contributed by atoms with E-state index in [0.717, 1.165) is 16.7 Å². The molecule has 0 saturated carbocycles. The number of phenols is 1. The standard InChI is InChI=1S/C36H39NO11/c1-42-28-13-21-10-11-37(33(25(21)17-29(28)43-2)22-14-30(44-3)36(47-6)31(15-22)45-4)19-24-16-27(39)34(41)35(48-24)26(18-32(40)46-5)20-8-7-9-23(38)12-20/h7-9,12-17,26,33,38,41H,10-11,18-19H2,1-6H3/t26-,33-/m0/s1. The van der Waals surface area contributed by atoms with Crippen LogP contribution in [0, 0.1) is 0 Å². The van der Waals surface area contributed by atoms with Gasteiger partial charge in [0.25, 0.3) is 0 Å². The maximum absolute atomic E-state index is 13.2. The maximum atomic E-state index is 13.2. The van der Waals surface area contributed by atoms with Crippen molar-refractivity contribution in [3.8, 4) is 40.2 Å². The molecule has 12 heteroatoms. The van der Waals surface area contributed by atoms with Crippen LogP contribution in [0.15, 0.2) is 63.8 Å². The first-order valence-corrected chi connectivity index (χ1v) is 15.2. The Morgan fingerprint density at radius 2 is 1.54 bits per heavy atom. The molecule has 0 fully saturated rings. The molecule has 0 aliphatic carbocycles. The largest absolute Gasteiger partial charge is 0.508 e. The van der Waals surface area contributed by atoms with E-state index in [2.05, 4.69) is 4.90 Å². The number of phenolic OH excluding ortho intramolecular Hbond substituents is 1. The number of methoxy groups -OCH3 is 6. The molecule has 4 aromatic rings. The Balaban J connectivity index is 1.65. The number of carbonyl (C=O) groups is 1. The molecule has 1 aliphatic heterocycles.